The van der Waals surface area contributed by atoms with E-state index in [-0.39, 0.29) is 11.7 Å². The summed E-state index contributed by atoms with van der Waals surface area (Å²) in [6.07, 6.45) is 7.66. The Labute approximate surface area is 275 Å². The predicted octanol–water partition coefficient (Wildman–Crippen LogP) is 9.49. The molecule has 1 heterocycles. The first kappa shape index (κ1) is 34.8. The largest absolute Gasteiger partial charge is 0.497 e. The normalized spacial score (nSPS) is 11.0. The first-order valence-electron chi connectivity index (χ1n) is 16.0. The standard InChI is InChI=1S/C36H44F2N4O3S/c1-4-5-6-7-10-23-42(32-21-16-28(37)25-31(32)38)36(43)39-22-9-8-11-24-46-35-40-33(26-12-17-29(44-2)18-13-26)34(41-35)27-14-19-30(45-3)20-15-27/h12-21,25H,4-11,22-24H2,1-3H3,(H,39,43)(H,40,41). The van der Waals surface area contributed by atoms with Gasteiger partial charge in [0.25, 0.3) is 0 Å². The van der Waals surface area contributed by atoms with Crippen LogP contribution in [0.2, 0.25) is 0 Å². The number of benzene rings is 3. The van der Waals surface area contributed by atoms with Gasteiger partial charge in [0, 0.05) is 36.0 Å². The molecule has 246 valence electrons. The molecule has 0 spiro atoms. The Morgan fingerprint density at radius 1 is 0.848 bits per heavy atom. The van der Waals surface area contributed by atoms with Crippen molar-refractivity contribution >= 4 is 23.5 Å². The highest BCUT2D eigenvalue weighted by Crippen LogP contribution is 2.34. The summed E-state index contributed by atoms with van der Waals surface area (Å²) in [7, 11) is 3.30. The van der Waals surface area contributed by atoms with Gasteiger partial charge in [-0.25, -0.2) is 18.6 Å². The van der Waals surface area contributed by atoms with Gasteiger partial charge < -0.3 is 19.8 Å². The highest BCUT2D eigenvalue weighted by atomic mass is 32.2. The van der Waals surface area contributed by atoms with Crippen LogP contribution in [0.1, 0.15) is 58.3 Å². The van der Waals surface area contributed by atoms with Crippen LogP contribution in [0, 0.1) is 11.6 Å². The smallest absolute Gasteiger partial charge is 0.321 e. The summed E-state index contributed by atoms with van der Waals surface area (Å²) >= 11 is 1.66. The number of imidazole rings is 1. The molecular weight excluding hydrogens is 606 g/mol. The van der Waals surface area contributed by atoms with Gasteiger partial charge in [0.15, 0.2) is 5.16 Å². The molecule has 0 aliphatic heterocycles. The Balaban J connectivity index is 1.29. The third-order valence-electron chi connectivity index (χ3n) is 7.69. The monoisotopic (exact) mass is 650 g/mol. The van der Waals surface area contributed by atoms with Crippen molar-refractivity contribution in [3.05, 3.63) is 78.4 Å². The van der Waals surface area contributed by atoms with Gasteiger partial charge in [0.2, 0.25) is 0 Å². The number of hydrogen-bond donors (Lipinski definition) is 2. The molecule has 0 bridgehead atoms. The van der Waals surface area contributed by atoms with Gasteiger partial charge in [-0.3, -0.25) is 4.90 Å². The molecule has 2 N–H and O–H groups in total. The Bertz CT molecular complexity index is 1450. The Morgan fingerprint density at radius 2 is 1.50 bits per heavy atom. The molecule has 3 aromatic carbocycles. The molecular formula is C36H44F2N4O3S. The zero-order valence-electron chi connectivity index (χ0n) is 26.9. The van der Waals surface area contributed by atoms with Crippen LogP contribution >= 0.6 is 11.8 Å². The summed E-state index contributed by atoms with van der Waals surface area (Å²) < 4.78 is 38.7. The molecule has 10 heteroatoms. The van der Waals surface area contributed by atoms with Crippen LogP contribution in [0.5, 0.6) is 11.5 Å². The third kappa shape index (κ3) is 9.97. The average Bonchev–Trinajstić information content (AvgIpc) is 3.50. The molecule has 0 saturated heterocycles. The maximum absolute atomic E-state index is 14.6. The van der Waals surface area contributed by atoms with E-state index in [1.54, 1.807) is 26.0 Å². The lowest BCUT2D eigenvalue weighted by Gasteiger charge is -2.24. The number of carbonyl (C=O) groups excluding carboxylic acids is 1. The van der Waals surface area contributed by atoms with Crippen molar-refractivity contribution in [3.63, 3.8) is 0 Å². The summed E-state index contributed by atoms with van der Waals surface area (Å²) in [6, 6.07) is 18.7. The number of carbonyl (C=O) groups is 1. The van der Waals surface area contributed by atoms with Crippen molar-refractivity contribution in [1.29, 1.82) is 0 Å². The maximum atomic E-state index is 14.6. The van der Waals surface area contributed by atoms with Gasteiger partial charge in [0.05, 0.1) is 31.3 Å². The van der Waals surface area contributed by atoms with Crippen LogP contribution in [0.15, 0.2) is 71.9 Å². The molecule has 0 saturated carbocycles. The van der Waals surface area contributed by atoms with Gasteiger partial charge in [-0.05, 0) is 79.9 Å². The highest BCUT2D eigenvalue weighted by molar-refractivity contribution is 7.99. The number of halogens is 2. The van der Waals surface area contributed by atoms with Gasteiger partial charge in [0.1, 0.15) is 23.1 Å². The first-order valence-corrected chi connectivity index (χ1v) is 16.9. The van der Waals surface area contributed by atoms with Gasteiger partial charge in [-0.2, -0.15) is 0 Å². The SMILES string of the molecule is CCCCCCCN(C(=O)NCCCCCSc1nc(-c2ccc(OC)cc2)c(-c2ccc(OC)cc2)[nH]1)c1ccc(F)cc1F. The second-order valence-corrected chi connectivity index (χ2v) is 12.1. The van der Waals surface area contributed by atoms with Gasteiger partial charge >= 0.3 is 6.03 Å². The van der Waals surface area contributed by atoms with Crippen molar-refractivity contribution in [1.82, 2.24) is 15.3 Å². The number of aromatic nitrogens is 2. The minimum Gasteiger partial charge on any atom is -0.497 e. The van der Waals surface area contributed by atoms with E-state index in [0.717, 1.165) is 102 Å². The molecule has 0 atom stereocenters. The van der Waals surface area contributed by atoms with Crippen LogP contribution in [-0.4, -0.2) is 49.1 Å². The molecule has 2 amide bonds. The molecule has 4 aromatic rings. The summed E-state index contributed by atoms with van der Waals surface area (Å²) in [5.41, 5.74) is 3.90. The molecule has 7 nitrogen and oxygen atoms in total. The van der Waals surface area contributed by atoms with Crippen LogP contribution < -0.4 is 19.7 Å². The average molecular weight is 651 g/mol. The number of ether oxygens (including phenoxy) is 2. The third-order valence-corrected chi connectivity index (χ3v) is 8.65. The second-order valence-electron chi connectivity index (χ2n) is 11.0. The molecule has 0 aliphatic rings. The van der Waals surface area contributed by atoms with Crippen molar-refractivity contribution in [3.8, 4) is 34.0 Å². The fourth-order valence-corrected chi connectivity index (χ4v) is 5.98. The van der Waals surface area contributed by atoms with E-state index in [1.165, 1.54) is 17.0 Å². The van der Waals surface area contributed by atoms with E-state index in [0.29, 0.717) is 13.1 Å². The van der Waals surface area contributed by atoms with Gasteiger partial charge in [-0.1, -0.05) is 50.8 Å². The molecule has 4 rings (SSSR count). The number of thioether (sulfide) groups is 1. The summed E-state index contributed by atoms with van der Waals surface area (Å²) in [4.78, 5) is 22.9. The quantitative estimate of drug-likeness (QED) is 0.0829. The maximum Gasteiger partial charge on any atom is 0.321 e. The topological polar surface area (TPSA) is 79.5 Å². The van der Waals surface area contributed by atoms with E-state index in [4.69, 9.17) is 14.5 Å². The number of anilines is 1. The molecule has 0 radical (unpaired) electrons. The van der Waals surface area contributed by atoms with E-state index in [9.17, 15) is 13.6 Å². The first-order chi connectivity index (χ1) is 22.4. The number of unbranched alkanes of at least 4 members (excludes halogenated alkanes) is 6. The summed E-state index contributed by atoms with van der Waals surface area (Å²) in [5, 5.41) is 3.76. The van der Waals surface area contributed by atoms with Crippen molar-refractivity contribution in [2.45, 2.75) is 63.4 Å². The fourth-order valence-electron chi connectivity index (χ4n) is 5.11. The van der Waals surface area contributed by atoms with Crippen LogP contribution in [0.4, 0.5) is 19.3 Å². The number of H-pyrrole nitrogens is 1. The lowest BCUT2D eigenvalue weighted by molar-refractivity contribution is 0.245. The fraction of sp³-hybridized carbons (Fsp3) is 0.389. The molecule has 46 heavy (non-hydrogen) atoms. The number of aromatic amines is 1. The number of nitrogens with zero attached hydrogens (tertiary/aromatic N) is 2. The number of rotatable bonds is 18. The zero-order chi connectivity index (χ0) is 32.7. The van der Waals surface area contributed by atoms with E-state index in [1.807, 2.05) is 48.5 Å². The Hall–Kier alpha value is -4.05. The Kier molecular flexibility index (Phi) is 13.8. The van der Waals surface area contributed by atoms with Gasteiger partial charge in [-0.15, -0.1) is 0 Å². The highest BCUT2D eigenvalue weighted by Gasteiger charge is 2.19. The number of amides is 2. The Morgan fingerprint density at radius 3 is 2.15 bits per heavy atom. The number of hydrogen-bond acceptors (Lipinski definition) is 5. The minimum atomic E-state index is -0.732. The van der Waals surface area contributed by atoms with Crippen molar-refractivity contribution in [2.24, 2.45) is 0 Å². The lowest BCUT2D eigenvalue weighted by Crippen LogP contribution is -2.41. The molecule has 0 fully saturated rings. The number of urea groups is 1. The lowest BCUT2D eigenvalue weighted by atomic mass is 10.0. The molecule has 0 unspecified atom stereocenters. The molecule has 0 aliphatic carbocycles. The number of methoxy groups -OCH3 is 2. The second kappa shape index (κ2) is 18.2. The van der Waals surface area contributed by atoms with E-state index >= 15 is 0 Å². The van der Waals surface area contributed by atoms with Crippen molar-refractivity contribution in [2.75, 3.05) is 38.0 Å². The molecule has 1 aromatic heterocycles. The number of nitrogens with one attached hydrogen (secondary N) is 2. The van der Waals surface area contributed by atoms with Crippen LogP contribution in [0.3, 0.4) is 0 Å². The predicted molar refractivity (Wildman–Crippen MR) is 183 cm³/mol. The van der Waals surface area contributed by atoms with Crippen LogP contribution in [0.25, 0.3) is 22.5 Å². The van der Waals surface area contributed by atoms with E-state index in [2.05, 4.69) is 17.2 Å². The van der Waals surface area contributed by atoms with Crippen LogP contribution in [-0.2, 0) is 0 Å². The summed E-state index contributed by atoms with van der Waals surface area (Å²) in [6.45, 7) is 3.00. The summed E-state index contributed by atoms with van der Waals surface area (Å²) in [5.74, 6) is 1.04. The minimum absolute atomic E-state index is 0.104. The zero-order valence-corrected chi connectivity index (χ0v) is 27.7. The van der Waals surface area contributed by atoms with Crippen molar-refractivity contribution < 1.29 is 23.0 Å². The van der Waals surface area contributed by atoms with E-state index < -0.39 is 11.6 Å².